The van der Waals surface area contributed by atoms with E-state index in [9.17, 15) is 4.79 Å². The van der Waals surface area contributed by atoms with Gasteiger partial charge in [-0.05, 0) is 41.5 Å². The summed E-state index contributed by atoms with van der Waals surface area (Å²) in [4.78, 5) is 11.0. The van der Waals surface area contributed by atoms with Gasteiger partial charge in [0.25, 0.3) is 0 Å². The summed E-state index contributed by atoms with van der Waals surface area (Å²) in [6.07, 6.45) is 0.318. The average Bonchev–Trinajstić information content (AvgIpc) is 2.37. The van der Waals surface area contributed by atoms with Crippen molar-refractivity contribution in [3.05, 3.63) is 33.4 Å². The van der Waals surface area contributed by atoms with Crippen LogP contribution in [0.1, 0.15) is 24.5 Å². The first-order valence-corrected chi connectivity index (χ1v) is 7.00. The molecule has 0 fully saturated rings. The number of carbonyl (C=O) groups is 1. The van der Waals surface area contributed by atoms with Crippen LogP contribution in [0.25, 0.3) is 0 Å². The van der Waals surface area contributed by atoms with Crippen LogP contribution in [0.15, 0.2) is 24.3 Å². The predicted molar refractivity (Wildman–Crippen MR) is 79.6 cm³/mol. The third-order valence-corrected chi connectivity index (χ3v) is 3.45. The van der Waals surface area contributed by atoms with E-state index in [4.69, 9.17) is 19.9 Å². The Hall–Kier alpha value is -0.860. The quantitative estimate of drug-likeness (QED) is 0.429. The third-order valence-electron chi connectivity index (χ3n) is 2.47. The molecule has 5 nitrogen and oxygen atoms in total. The Kier molecular flexibility index (Phi) is 7.76. The Morgan fingerprint density at radius 1 is 1.42 bits per heavy atom. The molecule has 106 valence electrons. The smallest absolute Gasteiger partial charge is 0.405 e. The molecule has 1 rings (SSSR count). The van der Waals surface area contributed by atoms with Crippen LogP contribution < -0.4 is 5.73 Å². The Bertz CT molecular complexity index is 400. The van der Waals surface area contributed by atoms with Crippen molar-refractivity contribution in [1.82, 2.24) is 0 Å². The normalized spacial score (nSPS) is 12.1. The summed E-state index contributed by atoms with van der Waals surface area (Å²) in [5.74, 6) is 0. The molecule has 0 bridgehead atoms. The standard InChI is InChI=1S/C13H18INO4/c1-17-9-18-8-4-7-12(19-13(15)16)10-5-2-3-6-11(10)14/h2-3,5-6,12H,4,7-9H2,1H3,(H2,15,16)/t12-/m1/s1. The highest BCUT2D eigenvalue weighted by atomic mass is 127. The molecule has 0 radical (unpaired) electrons. The summed E-state index contributed by atoms with van der Waals surface area (Å²) in [5.41, 5.74) is 6.08. The van der Waals surface area contributed by atoms with E-state index >= 15 is 0 Å². The van der Waals surface area contributed by atoms with Crippen molar-refractivity contribution < 1.29 is 19.0 Å². The zero-order valence-electron chi connectivity index (χ0n) is 10.8. The maximum atomic E-state index is 11.0. The number of carbonyl (C=O) groups excluding carboxylic acids is 1. The van der Waals surface area contributed by atoms with Gasteiger partial charge in [0.05, 0.1) is 0 Å². The van der Waals surface area contributed by atoms with Crippen molar-refractivity contribution in [2.24, 2.45) is 5.73 Å². The molecule has 0 saturated heterocycles. The van der Waals surface area contributed by atoms with Gasteiger partial charge in [-0.25, -0.2) is 4.79 Å². The molecule has 0 unspecified atom stereocenters. The van der Waals surface area contributed by atoms with Gasteiger partial charge in [0, 0.05) is 22.9 Å². The van der Waals surface area contributed by atoms with Gasteiger partial charge in [-0.15, -0.1) is 0 Å². The molecule has 19 heavy (non-hydrogen) atoms. The van der Waals surface area contributed by atoms with E-state index in [1.807, 2.05) is 24.3 Å². The SMILES string of the molecule is COCOCCC[C@@H](OC(N)=O)c1ccccc1I. The third kappa shape index (κ3) is 6.22. The maximum absolute atomic E-state index is 11.0. The minimum Gasteiger partial charge on any atom is -0.441 e. The molecule has 6 heteroatoms. The van der Waals surface area contributed by atoms with Crippen molar-refractivity contribution in [1.29, 1.82) is 0 Å². The van der Waals surface area contributed by atoms with Gasteiger partial charge in [-0.2, -0.15) is 0 Å². The number of methoxy groups -OCH3 is 1. The highest BCUT2D eigenvalue weighted by molar-refractivity contribution is 14.1. The van der Waals surface area contributed by atoms with Crippen molar-refractivity contribution in [2.45, 2.75) is 18.9 Å². The molecule has 1 aromatic rings. The zero-order chi connectivity index (χ0) is 14.1. The highest BCUT2D eigenvalue weighted by Gasteiger charge is 2.17. The van der Waals surface area contributed by atoms with Gasteiger partial charge in [0.1, 0.15) is 12.9 Å². The Morgan fingerprint density at radius 2 is 2.16 bits per heavy atom. The summed E-state index contributed by atoms with van der Waals surface area (Å²) >= 11 is 2.21. The molecule has 0 aliphatic rings. The Morgan fingerprint density at radius 3 is 2.79 bits per heavy atom. The fourth-order valence-electron chi connectivity index (χ4n) is 1.67. The molecule has 1 amide bonds. The van der Waals surface area contributed by atoms with Crippen LogP contribution in [0.4, 0.5) is 4.79 Å². The van der Waals surface area contributed by atoms with Crippen molar-refractivity contribution >= 4 is 28.7 Å². The number of nitrogens with two attached hydrogens (primary N) is 1. The molecule has 0 aliphatic heterocycles. The second-order valence-corrected chi connectivity index (χ2v) is 5.07. The number of primary amides is 1. The number of hydrogen-bond acceptors (Lipinski definition) is 4. The van der Waals surface area contributed by atoms with E-state index in [2.05, 4.69) is 22.6 Å². The maximum Gasteiger partial charge on any atom is 0.405 e. The average molecular weight is 379 g/mol. The lowest BCUT2D eigenvalue weighted by atomic mass is 10.1. The van der Waals surface area contributed by atoms with Crippen LogP contribution in [-0.2, 0) is 14.2 Å². The van der Waals surface area contributed by atoms with Gasteiger partial charge in [0.15, 0.2) is 0 Å². The topological polar surface area (TPSA) is 70.8 Å². The minimum atomic E-state index is -0.762. The van der Waals surface area contributed by atoms with Crippen LogP contribution >= 0.6 is 22.6 Å². The molecule has 0 saturated carbocycles. The van der Waals surface area contributed by atoms with Gasteiger partial charge in [-0.3, -0.25) is 0 Å². The summed E-state index contributed by atoms with van der Waals surface area (Å²) in [6, 6.07) is 7.75. The number of halogens is 1. The van der Waals surface area contributed by atoms with Crippen molar-refractivity contribution in [3.8, 4) is 0 Å². The van der Waals surface area contributed by atoms with Gasteiger partial charge in [0.2, 0.25) is 0 Å². The first-order chi connectivity index (χ1) is 9.15. The van der Waals surface area contributed by atoms with E-state index in [0.717, 1.165) is 15.6 Å². The molecule has 0 heterocycles. The lowest BCUT2D eigenvalue weighted by Gasteiger charge is -2.18. The van der Waals surface area contributed by atoms with Gasteiger partial charge < -0.3 is 19.9 Å². The Labute approximate surface area is 126 Å². The molecular weight excluding hydrogens is 361 g/mol. The fourth-order valence-corrected chi connectivity index (χ4v) is 2.40. The molecule has 1 aromatic carbocycles. The second-order valence-electron chi connectivity index (χ2n) is 3.90. The predicted octanol–water partition coefficient (Wildman–Crippen LogP) is 2.83. The van der Waals surface area contributed by atoms with Gasteiger partial charge >= 0.3 is 6.09 Å². The van der Waals surface area contributed by atoms with Crippen LogP contribution in [0.3, 0.4) is 0 Å². The monoisotopic (exact) mass is 379 g/mol. The minimum absolute atomic E-state index is 0.268. The van der Waals surface area contributed by atoms with Crippen LogP contribution in [0.2, 0.25) is 0 Å². The van der Waals surface area contributed by atoms with E-state index in [1.54, 1.807) is 7.11 Å². The molecule has 1 atom stereocenters. The van der Waals surface area contributed by atoms with Crippen LogP contribution in [0, 0.1) is 3.57 Å². The summed E-state index contributed by atoms with van der Waals surface area (Å²) in [5, 5.41) is 0. The molecule has 2 N–H and O–H groups in total. The summed E-state index contributed by atoms with van der Waals surface area (Å²) < 4.78 is 16.2. The van der Waals surface area contributed by atoms with Crippen LogP contribution in [-0.4, -0.2) is 26.6 Å². The van der Waals surface area contributed by atoms with Crippen LogP contribution in [0.5, 0.6) is 0 Å². The van der Waals surface area contributed by atoms with E-state index in [1.165, 1.54) is 0 Å². The van der Waals surface area contributed by atoms with E-state index in [0.29, 0.717) is 13.0 Å². The zero-order valence-corrected chi connectivity index (χ0v) is 13.0. The van der Waals surface area contributed by atoms with E-state index < -0.39 is 6.09 Å². The molecule has 0 aromatic heterocycles. The number of amides is 1. The molecular formula is C13H18INO4. The number of ether oxygens (including phenoxy) is 3. The number of hydrogen-bond donors (Lipinski definition) is 1. The molecule has 0 spiro atoms. The first kappa shape index (κ1) is 16.2. The second kappa shape index (κ2) is 9.11. The summed E-state index contributed by atoms with van der Waals surface area (Å²) in [7, 11) is 1.57. The first-order valence-electron chi connectivity index (χ1n) is 5.92. The van der Waals surface area contributed by atoms with Crippen molar-refractivity contribution in [2.75, 3.05) is 20.5 Å². The largest absolute Gasteiger partial charge is 0.441 e. The number of rotatable bonds is 8. The fraction of sp³-hybridized carbons (Fsp3) is 0.462. The lowest BCUT2D eigenvalue weighted by molar-refractivity contribution is -0.0340. The van der Waals surface area contributed by atoms with E-state index in [-0.39, 0.29) is 12.9 Å². The lowest BCUT2D eigenvalue weighted by Crippen LogP contribution is -2.18. The number of benzene rings is 1. The highest BCUT2D eigenvalue weighted by Crippen LogP contribution is 2.27. The summed E-state index contributed by atoms with van der Waals surface area (Å²) in [6.45, 7) is 0.820. The Balaban J connectivity index is 2.57. The van der Waals surface area contributed by atoms with Gasteiger partial charge in [-0.1, -0.05) is 18.2 Å². The van der Waals surface area contributed by atoms with Crippen molar-refractivity contribution in [3.63, 3.8) is 0 Å². The molecule has 0 aliphatic carbocycles.